The van der Waals surface area contributed by atoms with Crippen molar-refractivity contribution in [3.63, 3.8) is 0 Å². The lowest BCUT2D eigenvalue weighted by molar-refractivity contribution is 0.929. The smallest absolute Gasteiger partial charge is 0.227 e. The van der Waals surface area contributed by atoms with Crippen molar-refractivity contribution in [2.24, 2.45) is 0 Å². The molecule has 0 aliphatic heterocycles. The van der Waals surface area contributed by atoms with Gasteiger partial charge in [-0.2, -0.15) is 4.98 Å². The Morgan fingerprint density at radius 3 is 2.40 bits per heavy atom. The monoisotopic (exact) mass is 208 g/mol. The first kappa shape index (κ1) is 11.8. The van der Waals surface area contributed by atoms with Gasteiger partial charge in [0.25, 0.3) is 0 Å². The predicted octanol–water partition coefficient (Wildman–Crippen LogP) is 1.98. The highest BCUT2D eigenvalue weighted by Crippen LogP contribution is 2.17. The molecule has 0 aromatic carbocycles. The number of rotatable bonds is 4. The molecule has 1 aromatic rings. The molecule has 15 heavy (non-hydrogen) atoms. The van der Waals surface area contributed by atoms with Crippen molar-refractivity contribution >= 4 is 11.8 Å². The summed E-state index contributed by atoms with van der Waals surface area (Å²) >= 11 is 0. The zero-order valence-electron chi connectivity index (χ0n) is 10.3. The average Bonchev–Trinajstić information content (AvgIpc) is 2.19. The maximum absolute atomic E-state index is 4.47. The van der Waals surface area contributed by atoms with E-state index in [0.717, 1.165) is 36.0 Å². The van der Waals surface area contributed by atoms with Crippen molar-refractivity contribution in [2.75, 3.05) is 30.9 Å². The Balaban J connectivity index is 3.02. The van der Waals surface area contributed by atoms with Crippen molar-refractivity contribution in [3.05, 3.63) is 11.3 Å². The van der Waals surface area contributed by atoms with Gasteiger partial charge in [-0.3, -0.25) is 0 Å². The Kier molecular flexibility index (Phi) is 3.88. The molecule has 84 valence electrons. The lowest BCUT2D eigenvalue weighted by Gasteiger charge is -2.15. The van der Waals surface area contributed by atoms with E-state index in [1.807, 2.05) is 32.8 Å². The third kappa shape index (κ3) is 2.81. The largest absolute Gasteiger partial charge is 0.370 e. The fraction of sp³-hybridized carbons (Fsp3) is 0.636. The van der Waals surface area contributed by atoms with E-state index in [0.29, 0.717) is 0 Å². The van der Waals surface area contributed by atoms with E-state index in [2.05, 4.69) is 22.2 Å². The van der Waals surface area contributed by atoms with Gasteiger partial charge in [-0.15, -0.1) is 0 Å². The van der Waals surface area contributed by atoms with Gasteiger partial charge in [0.1, 0.15) is 5.82 Å². The Morgan fingerprint density at radius 2 is 1.87 bits per heavy atom. The second-order valence-electron chi connectivity index (χ2n) is 3.90. The van der Waals surface area contributed by atoms with Gasteiger partial charge in [-0.1, -0.05) is 6.92 Å². The van der Waals surface area contributed by atoms with E-state index in [1.165, 1.54) is 0 Å². The molecule has 0 spiro atoms. The number of aryl methyl sites for hydroxylation is 1. The van der Waals surface area contributed by atoms with Gasteiger partial charge < -0.3 is 10.2 Å². The van der Waals surface area contributed by atoms with Crippen LogP contribution in [0, 0.1) is 13.8 Å². The number of anilines is 2. The molecule has 0 fully saturated rings. The molecule has 4 nitrogen and oxygen atoms in total. The Hall–Kier alpha value is -1.32. The molecule has 1 aromatic heterocycles. The topological polar surface area (TPSA) is 41.1 Å². The van der Waals surface area contributed by atoms with Crippen LogP contribution in [0.15, 0.2) is 0 Å². The van der Waals surface area contributed by atoms with Crippen LogP contribution in [0.3, 0.4) is 0 Å². The van der Waals surface area contributed by atoms with E-state index < -0.39 is 0 Å². The molecule has 0 radical (unpaired) electrons. The first-order valence-corrected chi connectivity index (χ1v) is 5.32. The molecule has 0 saturated heterocycles. The highest BCUT2D eigenvalue weighted by Gasteiger charge is 2.08. The van der Waals surface area contributed by atoms with Crippen LogP contribution in [0.5, 0.6) is 0 Å². The van der Waals surface area contributed by atoms with Crippen LogP contribution >= 0.6 is 0 Å². The third-order valence-electron chi connectivity index (χ3n) is 2.32. The van der Waals surface area contributed by atoms with Gasteiger partial charge in [0.2, 0.25) is 5.95 Å². The number of nitrogens with zero attached hydrogens (tertiary/aromatic N) is 3. The number of hydrogen-bond acceptors (Lipinski definition) is 4. The molecule has 4 heteroatoms. The lowest BCUT2D eigenvalue weighted by atomic mass is 10.2. The fourth-order valence-corrected chi connectivity index (χ4v) is 1.23. The SMILES string of the molecule is CCCNc1nc(N(C)C)nc(C)c1C. The summed E-state index contributed by atoms with van der Waals surface area (Å²) in [6, 6.07) is 0. The van der Waals surface area contributed by atoms with E-state index in [4.69, 9.17) is 0 Å². The third-order valence-corrected chi connectivity index (χ3v) is 2.32. The van der Waals surface area contributed by atoms with E-state index in [-0.39, 0.29) is 0 Å². The van der Waals surface area contributed by atoms with Crippen LogP contribution < -0.4 is 10.2 Å². The maximum Gasteiger partial charge on any atom is 0.227 e. The van der Waals surface area contributed by atoms with E-state index in [1.54, 1.807) is 0 Å². The summed E-state index contributed by atoms with van der Waals surface area (Å²) in [7, 11) is 3.90. The minimum absolute atomic E-state index is 0.761. The zero-order chi connectivity index (χ0) is 11.4. The van der Waals surface area contributed by atoms with Crippen LogP contribution in [0.1, 0.15) is 24.6 Å². The minimum Gasteiger partial charge on any atom is -0.370 e. The summed E-state index contributed by atoms with van der Waals surface area (Å²) in [6.07, 6.45) is 1.10. The standard InChI is InChI=1S/C11H20N4/c1-6-7-12-10-8(2)9(3)13-11(14-10)15(4)5/h6-7H2,1-5H3,(H,12,13,14). The summed E-state index contributed by atoms with van der Waals surface area (Å²) < 4.78 is 0. The van der Waals surface area contributed by atoms with Gasteiger partial charge in [0.05, 0.1) is 0 Å². The molecule has 1 rings (SSSR count). The average molecular weight is 208 g/mol. The number of nitrogens with one attached hydrogen (secondary N) is 1. The normalized spacial score (nSPS) is 10.2. The Morgan fingerprint density at radius 1 is 1.20 bits per heavy atom. The predicted molar refractivity (Wildman–Crippen MR) is 64.6 cm³/mol. The first-order valence-electron chi connectivity index (χ1n) is 5.32. The van der Waals surface area contributed by atoms with Gasteiger partial charge in [0.15, 0.2) is 0 Å². The molecular weight excluding hydrogens is 188 g/mol. The molecule has 0 atom stereocenters. The summed E-state index contributed by atoms with van der Waals surface area (Å²) in [4.78, 5) is 10.8. The Bertz CT molecular complexity index is 334. The van der Waals surface area contributed by atoms with Gasteiger partial charge in [0, 0.05) is 31.9 Å². The number of aromatic nitrogens is 2. The van der Waals surface area contributed by atoms with Gasteiger partial charge in [-0.05, 0) is 20.3 Å². The van der Waals surface area contributed by atoms with Crippen molar-refractivity contribution in [2.45, 2.75) is 27.2 Å². The second-order valence-corrected chi connectivity index (χ2v) is 3.90. The van der Waals surface area contributed by atoms with Crippen LogP contribution in [0.25, 0.3) is 0 Å². The molecule has 1 N–H and O–H groups in total. The zero-order valence-corrected chi connectivity index (χ0v) is 10.3. The van der Waals surface area contributed by atoms with Gasteiger partial charge >= 0.3 is 0 Å². The maximum atomic E-state index is 4.47. The molecule has 0 unspecified atom stereocenters. The van der Waals surface area contributed by atoms with Crippen LogP contribution in [0.2, 0.25) is 0 Å². The molecule has 0 saturated carbocycles. The molecule has 0 bridgehead atoms. The van der Waals surface area contributed by atoms with Crippen LogP contribution in [-0.2, 0) is 0 Å². The summed E-state index contributed by atoms with van der Waals surface area (Å²) in [6.45, 7) is 7.15. The van der Waals surface area contributed by atoms with Crippen molar-refractivity contribution < 1.29 is 0 Å². The second kappa shape index (κ2) is 4.96. The van der Waals surface area contributed by atoms with Crippen molar-refractivity contribution in [3.8, 4) is 0 Å². The molecule has 1 heterocycles. The number of hydrogen-bond donors (Lipinski definition) is 1. The van der Waals surface area contributed by atoms with Crippen molar-refractivity contribution in [1.82, 2.24) is 9.97 Å². The van der Waals surface area contributed by atoms with Crippen molar-refractivity contribution in [1.29, 1.82) is 0 Å². The van der Waals surface area contributed by atoms with Gasteiger partial charge in [-0.25, -0.2) is 4.98 Å². The first-order chi connectivity index (χ1) is 7.06. The van der Waals surface area contributed by atoms with Crippen LogP contribution in [0.4, 0.5) is 11.8 Å². The quantitative estimate of drug-likeness (QED) is 0.821. The fourth-order valence-electron chi connectivity index (χ4n) is 1.23. The summed E-state index contributed by atoms with van der Waals surface area (Å²) in [5.41, 5.74) is 2.17. The molecule has 0 aliphatic rings. The minimum atomic E-state index is 0.761. The highest BCUT2D eigenvalue weighted by atomic mass is 15.2. The Labute approximate surface area is 91.7 Å². The molecular formula is C11H20N4. The van der Waals surface area contributed by atoms with Crippen LogP contribution in [-0.4, -0.2) is 30.6 Å². The molecule has 0 amide bonds. The van der Waals surface area contributed by atoms with E-state index >= 15 is 0 Å². The summed E-state index contributed by atoms with van der Waals surface area (Å²) in [5, 5.41) is 3.32. The lowest BCUT2D eigenvalue weighted by Crippen LogP contribution is -2.16. The molecule has 0 aliphatic carbocycles. The van der Waals surface area contributed by atoms with E-state index in [9.17, 15) is 0 Å². The highest BCUT2D eigenvalue weighted by molar-refractivity contribution is 5.49. The summed E-state index contributed by atoms with van der Waals surface area (Å²) in [5.74, 6) is 1.71.